The third-order valence-electron chi connectivity index (χ3n) is 8.85. The van der Waals surface area contributed by atoms with E-state index in [1.165, 1.54) is 12.1 Å². The van der Waals surface area contributed by atoms with E-state index < -0.39 is 16.3 Å². The number of piperazine rings is 1. The average Bonchev–Trinajstić information content (AvgIpc) is 3.10. The second-order valence-electron chi connectivity index (χ2n) is 11.9. The van der Waals surface area contributed by atoms with Crippen LogP contribution in [0.15, 0.2) is 108 Å². The number of non-ortho nitro benzene ring substituents is 1. The molecule has 0 aliphatic carbocycles. The smallest absolute Gasteiger partial charge is 0.269 e. The van der Waals surface area contributed by atoms with Crippen molar-refractivity contribution in [2.24, 2.45) is 5.92 Å². The van der Waals surface area contributed by atoms with E-state index in [4.69, 9.17) is 9.47 Å². The Hall–Kier alpha value is -4.33. The Kier molecular flexibility index (Phi) is 9.85. The van der Waals surface area contributed by atoms with E-state index in [1.807, 2.05) is 36.4 Å². The number of sulfonamides is 1. The maximum absolute atomic E-state index is 12.8. The first-order valence-corrected chi connectivity index (χ1v) is 17.1. The number of rotatable bonds is 10. The highest BCUT2D eigenvalue weighted by molar-refractivity contribution is 7.92. The monoisotopic (exact) mass is 658 g/mol. The molecule has 4 atom stereocenters. The summed E-state index contributed by atoms with van der Waals surface area (Å²) in [6.45, 7) is 5.95. The van der Waals surface area contributed by atoms with E-state index in [-0.39, 0.29) is 40.2 Å². The molecule has 2 fully saturated rings. The third-order valence-corrected chi connectivity index (χ3v) is 10.2. The Morgan fingerprint density at radius 3 is 2.11 bits per heavy atom. The Bertz CT molecular complexity index is 1750. The Morgan fingerprint density at radius 2 is 1.49 bits per heavy atom. The predicted molar refractivity (Wildman–Crippen MR) is 178 cm³/mol. The predicted octanol–water partition coefficient (Wildman–Crippen LogP) is 5.50. The first-order valence-electron chi connectivity index (χ1n) is 15.6. The number of nitrogens with zero attached hydrogens (tertiary/aromatic N) is 3. The van der Waals surface area contributed by atoms with E-state index in [0.29, 0.717) is 12.2 Å². The number of ether oxygens (including phenoxy) is 2. The summed E-state index contributed by atoms with van der Waals surface area (Å²) in [6, 6.07) is 29.7. The van der Waals surface area contributed by atoms with Crippen LogP contribution in [-0.4, -0.2) is 62.2 Å². The van der Waals surface area contributed by atoms with Crippen LogP contribution in [0.1, 0.15) is 36.0 Å². The first-order chi connectivity index (χ1) is 22.7. The fraction of sp³-hybridized carbons (Fsp3) is 0.314. The number of hydrogen-bond acceptors (Lipinski definition) is 9. The van der Waals surface area contributed by atoms with Gasteiger partial charge < -0.3 is 19.5 Å². The summed E-state index contributed by atoms with van der Waals surface area (Å²) in [6.07, 6.45) is -1.12. The lowest BCUT2D eigenvalue weighted by atomic mass is 9.90. The van der Waals surface area contributed by atoms with Gasteiger partial charge in [0.15, 0.2) is 6.29 Å². The molecule has 2 aliphatic rings. The molecule has 47 heavy (non-hydrogen) atoms. The fourth-order valence-electron chi connectivity index (χ4n) is 6.08. The minimum atomic E-state index is -3.73. The molecule has 0 unspecified atom stereocenters. The van der Waals surface area contributed by atoms with Gasteiger partial charge in [-0.05, 0) is 47.5 Å². The fourth-order valence-corrected chi connectivity index (χ4v) is 7.16. The van der Waals surface area contributed by atoms with E-state index >= 15 is 0 Å². The molecule has 0 bridgehead atoms. The van der Waals surface area contributed by atoms with Crippen LogP contribution in [-0.2, 0) is 26.1 Å². The van der Waals surface area contributed by atoms with E-state index in [0.717, 1.165) is 48.6 Å². The van der Waals surface area contributed by atoms with Gasteiger partial charge in [-0.2, -0.15) is 0 Å². The lowest BCUT2D eigenvalue weighted by Gasteiger charge is -2.44. The molecule has 0 aromatic heterocycles. The molecule has 2 aliphatic heterocycles. The van der Waals surface area contributed by atoms with Crippen molar-refractivity contribution in [2.45, 2.75) is 36.9 Å². The summed E-state index contributed by atoms with van der Waals surface area (Å²) >= 11 is 0. The Morgan fingerprint density at radius 1 is 0.851 bits per heavy atom. The van der Waals surface area contributed by atoms with Crippen molar-refractivity contribution in [2.75, 3.05) is 42.3 Å². The molecule has 2 N–H and O–H groups in total. The molecule has 4 aromatic carbocycles. The molecule has 12 heteroatoms. The number of nitrogens with one attached hydrogen (secondary N) is 1. The van der Waals surface area contributed by atoms with E-state index in [1.54, 1.807) is 54.6 Å². The molecule has 246 valence electrons. The minimum absolute atomic E-state index is 0.0101. The van der Waals surface area contributed by atoms with Gasteiger partial charge in [0, 0.05) is 67.7 Å². The van der Waals surface area contributed by atoms with Crippen LogP contribution >= 0.6 is 0 Å². The van der Waals surface area contributed by atoms with Gasteiger partial charge in [-0.1, -0.05) is 61.5 Å². The second-order valence-corrected chi connectivity index (χ2v) is 13.6. The molecule has 0 saturated carbocycles. The highest BCUT2D eigenvalue weighted by Gasteiger charge is 2.39. The van der Waals surface area contributed by atoms with Gasteiger partial charge >= 0.3 is 0 Å². The van der Waals surface area contributed by atoms with Crippen molar-refractivity contribution in [3.05, 3.63) is 130 Å². The summed E-state index contributed by atoms with van der Waals surface area (Å²) in [5, 5.41) is 20.6. The molecule has 6 rings (SSSR count). The Balaban J connectivity index is 1.16. The van der Waals surface area contributed by atoms with Crippen molar-refractivity contribution in [1.29, 1.82) is 0 Å². The van der Waals surface area contributed by atoms with E-state index in [9.17, 15) is 23.6 Å². The number of nitro benzene ring substituents is 1. The van der Waals surface area contributed by atoms with Crippen molar-refractivity contribution < 1.29 is 27.9 Å². The summed E-state index contributed by atoms with van der Waals surface area (Å²) in [5.41, 5.74) is 4.05. The highest BCUT2D eigenvalue weighted by atomic mass is 32.2. The number of anilines is 2. The zero-order chi connectivity index (χ0) is 33.0. The van der Waals surface area contributed by atoms with Gasteiger partial charge in [0.1, 0.15) is 0 Å². The molecule has 2 saturated heterocycles. The molecule has 4 aromatic rings. The lowest BCUT2D eigenvalue weighted by Crippen LogP contribution is -2.51. The van der Waals surface area contributed by atoms with Crippen LogP contribution in [0.4, 0.5) is 17.1 Å². The molecular weight excluding hydrogens is 620 g/mol. The summed E-state index contributed by atoms with van der Waals surface area (Å²) < 4.78 is 41.5. The number of nitro groups is 1. The maximum Gasteiger partial charge on any atom is 0.269 e. The molecule has 0 radical (unpaired) electrons. The zero-order valence-electron chi connectivity index (χ0n) is 26.0. The van der Waals surface area contributed by atoms with Crippen LogP contribution < -0.4 is 9.62 Å². The van der Waals surface area contributed by atoms with Crippen molar-refractivity contribution in [1.82, 2.24) is 4.90 Å². The van der Waals surface area contributed by atoms with Gasteiger partial charge in [0.2, 0.25) is 0 Å². The van der Waals surface area contributed by atoms with Crippen LogP contribution in [0, 0.1) is 16.0 Å². The van der Waals surface area contributed by atoms with Gasteiger partial charge in [0.25, 0.3) is 15.7 Å². The first kappa shape index (κ1) is 32.6. The maximum atomic E-state index is 12.8. The van der Waals surface area contributed by atoms with Crippen LogP contribution in [0.2, 0.25) is 0 Å². The van der Waals surface area contributed by atoms with Crippen molar-refractivity contribution in [3.8, 4) is 0 Å². The van der Waals surface area contributed by atoms with Crippen molar-refractivity contribution >= 4 is 27.1 Å². The summed E-state index contributed by atoms with van der Waals surface area (Å²) in [5.74, 6) is 0.0101. The lowest BCUT2D eigenvalue weighted by molar-refractivity contribution is -0.384. The SMILES string of the molecule is C[C@H]1[C@@H](CN2CCN(c3ccc([N+](=O)[O-])cc3)CC2)O[C@@H](c2ccc(NS(=O)(=O)c3ccccc3)cc2)O[C@H]1c1ccc(CO)cc1. The molecule has 2 heterocycles. The van der Waals surface area contributed by atoms with Gasteiger partial charge in [-0.3, -0.25) is 19.7 Å². The minimum Gasteiger partial charge on any atom is -0.392 e. The van der Waals surface area contributed by atoms with Crippen molar-refractivity contribution in [3.63, 3.8) is 0 Å². The molecule has 0 spiro atoms. The topological polar surface area (TPSA) is 134 Å². The number of hydrogen-bond donors (Lipinski definition) is 2. The molecule has 11 nitrogen and oxygen atoms in total. The Labute approximate surface area is 274 Å². The molecule has 0 amide bonds. The number of aliphatic hydroxyl groups is 1. The van der Waals surface area contributed by atoms with Crippen LogP contribution in [0.5, 0.6) is 0 Å². The van der Waals surface area contributed by atoms with E-state index in [2.05, 4.69) is 21.4 Å². The second kappa shape index (κ2) is 14.2. The highest BCUT2D eigenvalue weighted by Crippen LogP contribution is 2.42. The summed E-state index contributed by atoms with van der Waals surface area (Å²) in [4.78, 5) is 15.4. The van der Waals surface area contributed by atoms with Gasteiger partial charge in [-0.25, -0.2) is 8.42 Å². The van der Waals surface area contributed by atoms with Crippen LogP contribution in [0.25, 0.3) is 0 Å². The normalized spacial score (nSPS) is 22.1. The largest absolute Gasteiger partial charge is 0.392 e. The standard InChI is InChI=1S/C35H38N4O7S/c1-25-33(23-37-19-21-38(22-20-37)30-15-17-31(18-16-30)39(41)42)45-35(46-34(25)27-9-7-26(24-40)8-10-27)28-11-13-29(14-12-28)36-47(43,44)32-5-3-2-4-6-32/h2-18,25,33-36,40H,19-24H2,1H3/t25-,33+,34+,35+/m0/s1. The zero-order valence-corrected chi connectivity index (χ0v) is 26.8. The molecular formula is C35H38N4O7S. The third kappa shape index (κ3) is 7.64. The number of aliphatic hydroxyl groups excluding tert-OH is 1. The number of benzene rings is 4. The van der Waals surface area contributed by atoms with Crippen LogP contribution in [0.3, 0.4) is 0 Å². The van der Waals surface area contributed by atoms with Gasteiger partial charge in [-0.15, -0.1) is 0 Å². The quantitative estimate of drug-likeness (QED) is 0.167. The average molecular weight is 659 g/mol. The van der Waals surface area contributed by atoms with Gasteiger partial charge in [0.05, 0.1) is 28.6 Å². The summed E-state index contributed by atoms with van der Waals surface area (Å²) in [7, 11) is -3.73.